The van der Waals surface area contributed by atoms with Gasteiger partial charge in [-0.1, -0.05) is 0 Å². The summed E-state index contributed by atoms with van der Waals surface area (Å²) in [5.74, 6) is 0. The molecule has 0 unspecified atom stereocenters. The number of nitrogens with zero attached hydrogens (tertiary/aromatic N) is 2. The number of rotatable bonds is 15. The molecule has 10 nitrogen and oxygen atoms in total. The molecule has 0 aromatic carbocycles. The van der Waals surface area contributed by atoms with Crippen molar-refractivity contribution in [1.29, 1.82) is 0 Å². The van der Waals surface area contributed by atoms with Crippen LogP contribution in [0.2, 0.25) is 0 Å². The normalized spacial score (nSPS) is 9.90. The van der Waals surface area contributed by atoms with E-state index in [2.05, 4.69) is 21.3 Å². The number of nitrogens with one attached hydrogen (secondary N) is 4. The maximum absolute atomic E-state index is 10.3. The van der Waals surface area contributed by atoms with Gasteiger partial charge in [0, 0.05) is 13.1 Å². The zero-order valence-electron chi connectivity index (χ0n) is 11.1. The lowest BCUT2D eigenvalue weighted by molar-refractivity contribution is -0.112. The van der Waals surface area contributed by atoms with Crippen LogP contribution in [0.1, 0.15) is 0 Å². The Balaban J connectivity index is 4.17. The topological polar surface area (TPSA) is 123 Å². The number of carbonyl (C=O) groups excluding carboxylic acids is 4. The third-order valence-corrected chi connectivity index (χ3v) is 2.33. The highest BCUT2D eigenvalue weighted by atomic mass is 16.1. The smallest absolute Gasteiger partial charge is 0.208 e. The van der Waals surface area contributed by atoms with Crippen molar-refractivity contribution in [2.75, 3.05) is 39.8 Å². The molecule has 0 fully saturated rings. The first kappa shape index (κ1) is 17.8. The molecule has 0 aliphatic carbocycles. The van der Waals surface area contributed by atoms with E-state index in [0.29, 0.717) is 38.7 Å². The molecule has 0 radical (unpaired) electrons. The van der Waals surface area contributed by atoms with E-state index < -0.39 is 0 Å². The van der Waals surface area contributed by atoms with Crippen molar-refractivity contribution in [1.82, 2.24) is 31.1 Å². The van der Waals surface area contributed by atoms with Crippen molar-refractivity contribution in [3.05, 3.63) is 0 Å². The average Bonchev–Trinajstić information content (AvgIpc) is 2.48. The van der Waals surface area contributed by atoms with E-state index in [1.54, 1.807) is 9.80 Å². The van der Waals surface area contributed by atoms with Crippen LogP contribution in [0.4, 0.5) is 0 Å². The van der Waals surface area contributed by atoms with E-state index in [1.807, 2.05) is 0 Å². The minimum absolute atomic E-state index is 0.278. The van der Waals surface area contributed by atoms with E-state index >= 15 is 0 Å². The lowest BCUT2D eigenvalue weighted by Gasteiger charge is -2.26. The first-order chi connectivity index (χ1) is 9.78. The molecule has 0 aliphatic heterocycles. The summed E-state index contributed by atoms with van der Waals surface area (Å²) in [6, 6.07) is 0. The Labute approximate surface area is 116 Å². The van der Waals surface area contributed by atoms with Gasteiger partial charge in [-0.05, 0) is 0 Å². The van der Waals surface area contributed by atoms with Gasteiger partial charge >= 0.3 is 0 Å². The zero-order chi connectivity index (χ0) is 15.1. The van der Waals surface area contributed by atoms with E-state index in [9.17, 15) is 19.2 Å². The van der Waals surface area contributed by atoms with Crippen molar-refractivity contribution in [3.63, 3.8) is 0 Å². The van der Waals surface area contributed by atoms with Crippen LogP contribution in [0.5, 0.6) is 0 Å². The Hall–Kier alpha value is -2.20. The minimum atomic E-state index is 0.278. The van der Waals surface area contributed by atoms with Crippen molar-refractivity contribution in [2.24, 2.45) is 0 Å². The molecule has 4 N–H and O–H groups in total. The van der Waals surface area contributed by atoms with Crippen LogP contribution in [-0.2, 0) is 19.2 Å². The van der Waals surface area contributed by atoms with Crippen LogP contribution in [-0.4, -0.2) is 75.2 Å². The van der Waals surface area contributed by atoms with E-state index in [1.165, 1.54) is 0 Å². The quantitative estimate of drug-likeness (QED) is 0.182. The summed E-state index contributed by atoms with van der Waals surface area (Å²) in [7, 11) is 0. The Morgan fingerprint density at radius 2 is 0.800 bits per heavy atom. The second-order valence-corrected chi connectivity index (χ2v) is 3.71. The summed E-state index contributed by atoms with van der Waals surface area (Å²) >= 11 is 0. The molecule has 114 valence electrons. The number of amides is 4. The van der Waals surface area contributed by atoms with Crippen molar-refractivity contribution >= 4 is 25.6 Å². The Morgan fingerprint density at radius 1 is 0.550 bits per heavy atom. The van der Waals surface area contributed by atoms with Crippen LogP contribution in [0.15, 0.2) is 0 Å². The number of carbonyl (C=O) groups is 4. The summed E-state index contributed by atoms with van der Waals surface area (Å²) in [6.07, 6.45) is 2.25. The standard InChI is InChI=1S/C10H20N6O4/c17-7-11-3-15(4-12-8-18)1-2-16(5-13-9-19)6-14-10-20/h7-10H,1-6H2,(H,11,17)(H,12,18)(H,13,19)(H,14,20). The number of hydrogen-bond acceptors (Lipinski definition) is 6. The highest BCUT2D eigenvalue weighted by molar-refractivity contribution is 5.47. The lowest BCUT2D eigenvalue weighted by atomic mass is 10.5. The highest BCUT2D eigenvalue weighted by Gasteiger charge is 2.08. The second-order valence-electron chi connectivity index (χ2n) is 3.71. The lowest BCUT2D eigenvalue weighted by Crippen LogP contribution is -2.47. The monoisotopic (exact) mass is 288 g/mol. The van der Waals surface area contributed by atoms with E-state index in [4.69, 9.17) is 0 Å². The molecular formula is C10H20N6O4. The van der Waals surface area contributed by atoms with Gasteiger partial charge in [-0.25, -0.2) is 0 Å². The second kappa shape index (κ2) is 13.2. The molecule has 20 heavy (non-hydrogen) atoms. The third-order valence-electron chi connectivity index (χ3n) is 2.33. The molecule has 0 spiro atoms. The van der Waals surface area contributed by atoms with Crippen LogP contribution >= 0.6 is 0 Å². The molecule has 0 saturated carbocycles. The fourth-order valence-electron chi connectivity index (χ4n) is 1.38. The first-order valence-electron chi connectivity index (χ1n) is 5.91. The molecule has 0 heterocycles. The molecule has 10 heteroatoms. The van der Waals surface area contributed by atoms with Crippen LogP contribution in [0.25, 0.3) is 0 Å². The van der Waals surface area contributed by atoms with Gasteiger partial charge in [-0.15, -0.1) is 0 Å². The van der Waals surface area contributed by atoms with Gasteiger partial charge in [0.2, 0.25) is 25.6 Å². The summed E-state index contributed by atoms with van der Waals surface area (Å²) in [5.41, 5.74) is 0. The van der Waals surface area contributed by atoms with Crippen LogP contribution < -0.4 is 21.3 Å². The number of hydrogen-bond donors (Lipinski definition) is 4. The fourth-order valence-corrected chi connectivity index (χ4v) is 1.38. The minimum Gasteiger partial charge on any atom is -0.346 e. The van der Waals surface area contributed by atoms with E-state index in [-0.39, 0.29) is 26.7 Å². The first-order valence-corrected chi connectivity index (χ1v) is 5.91. The van der Waals surface area contributed by atoms with Gasteiger partial charge in [0.25, 0.3) is 0 Å². The predicted molar refractivity (Wildman–Crippen MR) is 69.7 cm³/mol. The molecule has 0 atom stereocenters. The maximum Gasteiger partial charge on any atom is 0.208 e. The zero-order valence-corrected chi connectivity index (χ0v) is 11.1. The van der Waals surface area contributed by atoms with Gasteiger partial charge in [0.15, 0.2) is 0 Å². The van der Waals surface area contributed by atoms with Crippen LogP contribution in [0, 0.1) is 0 Å². The van der Waals surface area contributed by atoms with Crippen molar-refractivity contribution in [2.45, 2.75) is 0 Å². The summed E-state index contributed by atoms with van der Waals surface area (Å²) in [4.78, 5) is 44.6. The van der Waals surface area contributed by atoms with Crippen molar-refractivity contribution in [3.8, 4) is 0 Å². The Bertz CT molecular complexity index is 239. The largest absolute Gasteiger partial charge is 0.346 e. The molecule has 0 rings (SSSR count). The molecule has 4 amide bonds. The SMILES string of the molecule is O=CNCN(CCN(CNC=O)CNC=O)CNC=O. The summed E-state index contributed by atoms with van der Waals surface area (Å²) in [6.45, 7) is 2.15. The molecule has 0 aromatic rings. The van der Waals surface area contributed by atoms with Gasteiger partial charge in [-0.2, -0.15) is 0 Å². The van der Waals surface area contributed by atoms with Gasteiger partial charge in [0.1, 0.15) is 0 Å². The third kappa shape index (κ3) is 9.79. The van der Waals surface area contributed by atoms with Crippen LogP contribution in [0.3, 0.4) is 0 Å². The Morgan fingerprint density at radius 3 is 1.00 bits per heavy atom. The molecule has 0 saturated heterocycles. The van der Waals surface area contributed by atoms with Gasteiger partial charge < -0.3 is 21.3 Å². The average molecular weight is 288 g/mol. The summed E-state index contributed by atoms with van der Waals surface area (Å²) < 4.78 is 0. The molecule has 0 aromatic heterocycles. The predicted octanol–water partition coefficient (Wildman–Crippen LogP) is -3.60. The molecule has 0 bridgehead atoms. The van der Waals surface area contributed by atoms with E-state index in [0.717, 1.165) is 0 Å². The molecule has 0 aliphatic rings. The summed E-state index contributed by atoms with van der Waals surface area (Å²) in [5, 5.41) is 9.98. The van der Waals surface area contributed by atoms with Gasteiger partial charge in [-0.3, -0.25) is 29.0 Å². The highest BCUT2D eigenvalue weighted by Crippen LogP contribution is 1.88. The maximum atomic E-state index is 10.3. The molecular weight excluding hydrogens is 268 g/mol. The van der Waals surface area contributed by atoms with Crippen molar-refractivity contribution < 1.29 is 19.2 Å². The fraction of sp³-hybridized carbons (Fsp3) is 0.600. The van der Waals surface area contributed by atoms with Gasteiger partial charge in [0.05, 0.1) is 26.7 Å². The Kier molecular flexibility index (Phi) is 11.8.